The number of hydrogen-bond donors (Lipinski definition) is 2. The Morgan fingerprint density at radius 2 is 2.00 bits per heavy atom. The first-order valence-corrected chi connectivity index (χ1v) is 10.8. The summed E-state index contributed by atoms with van der Waals surface area (Å²) in [6, 6.07) is 11.5. The molecule has 0 radical (unpaired) electrons. The predicted octanol–water partition coefficient (Wildman–Crippen LogP) is 4.11. The fourth-order valence-electron chi connectivity index (χ4n) is 3.51. The van der Waals surface area contributed by atoms with E-state index in [-0.39, 0.29) is 23.7 Å². The second kappa shape index (κ2) is 8.31. The lowest BCUT2D eigenvalue weighted by Crippen LogP contribution is -2.29. The first-order chi connectivity index (χ1) is 14.5. The van der Waals surface area contributed by atoms with Crippen LogP contribution in [-0.2, 0) is 11.2 Å². The molecule has 0 aliphatic carbocycles. The second-order valence-electron chi connectivity index (χ2n) is 7.10. The molecule has 30 heavy (non-hydrogen) atoms. The number of anilines is 1. The highest BCUT2D eigenvalue weighted by atomic mass is 32.2. The van der Waals surface area contributed by atoms with Crippen molar-refractivity contribution in [2.75, 3.05) is 11.6 Å². The molecular formula is C22H21FN4O2S. The van der Waals surface area contributed by atoms with Crippen molar-refractivity contribution in [3.63, 3.8) is 0 Å². The predicted molar refractivity (Wildman–Crippen MR) is 115 cm³/mol. The van der Waals surface area contributed by atoms with Crippen LogP contribution in [0.25, 0.3) is 5.69 Å². The smallest absolute Gasteiger partial charge is 0.270 e. The number of nitrogens with zero attached hydrogens (tertiary/aromatic N) is 2. The van der Waals surface area contributed by atoms with E-state index in [0.29, 0.717) is 29.4 Å². The van der Waals surface area contributed by atoms with Gasteiger partial charge in [-0.2, -0.15) is 0 Å². The molecule has 0 saturated heterocycles. The molecule has 1 aromatic heterocycles. The lowest BCUT2D eigenvalue weighted by Gasteiger charge is -2.20. The molecule has 8 heteroatoms. The van der Waals surface area contributed by atoms with Gasteiger partial charge in [0.05, 0.1) is 12.2 Å². The van der Waals surface area contributed by atoms with E-state index in [0.717, 1.165) is 16.8 Å². The first-order valence-electron chi connectivity index (χ1n) is 9.57. The average molecular weight is 425 g/mol. The van der Waals surface area contributed by atoms with E-state index in [9.17, 15) is 14.0 Å². The van der Waals surface area contributed by atoms with Gasteiger partial charge in [0.15, 0.2) is 5.16 Å². The Kier molecular flexibility index (Phi) is 5.59. The largest absolute Gasteiger partial charge is 0.344 e. The Morgan fingerprint density at radius 1 is 1.23 bits per heavy atom. The van der Waals surface area contributed by atoms with Crippen LogP contribution in [0.15, 0.2) is 53.8 Å². The summed E-state index contributed by atoms with van der Waals surface area (Å²) < 4.78 is 15.1. The number of thioether (sulfide) groups is 1. The third-order valence-electron chi connectivity index (χ3n) is 5.10. The average Bonchev–Trinajstić information content (AvgIpc) is 3.18. The van der Waals surface area contributed by atoms with Crippen molar-refractivity contribution in [2.45, 2.75) is 31.0 Å². The van der Waals surface area contributed by atoms with Crippen LogP contribution in [0.4, 0.5) is 10.1 Å². The summed E-state index contributed by atoms with van der Waals surface area (Å²) in [5.74, 6) is -0.589. The molecule has 154 valence electrons. The normalized spacial score (nSPS) is 14.0. The van der Waals surface area contributed by atoms with Crippen LogP contribution in [0.2, 0.25) is 0 Å². The standard InChI is InChI=1S/C22H21FN4O2S/c1-13(14-3-9-18-15(11-14)4-10-20(28)26-18)25-21(29)19-12-24-22(30-2)27(19)17-7-5-16(23)6-8-17/h3,5-9,11-13H,4,10H2,1-2H3,(H,25,29)(H,26,28)/t13-/m0/s1. The highest BCUT2D eigenvalue weighted by molar-refractivity contribution is 7.98. The Labute approximate surface area is 177 Å². The zero-order chi connectivity index (χ0) is 21.3. The monoisotopic (exact) mass is 424 g/mol. The van der Waals surface area contributed by atoms with Gasteiger partial charge in [-0.3, -0.25) is 14.2 Å². The van der Waals surface area contributed by atoms with Crippen LogP contribution in [0.3, 0.4) is 0 Å². The van der Waals surface area contributed by atoms with E-state index in [1.165, 1.54) is 30.1 Å². The first kappa shape index (κ1) is 20.2. The molecule has 2 aromatic carbocycles. The van der Waals surface area contributed by atoms with Crippen molar-refractivity contribution in [1.29, 1.82) is 0 Å². The summed E-state index contributed by atoms with van der Waals surface area (Å²) in [6.07, 6.45) is 4.55. The number of benzene rings is 2. The van der Waals surface area contributed by atoms with Crippen molar-refractivity contribution >= 4 is 29.3 Å². The Bertz CT molecular complexity index is 1110. The summed E-state index contributed by atoms with van der Waals surface area (Å²) in [7, 11) is 0. The van der Waals surface area contributed by atoms with Crippen LogP contribution < -0.4 is 10.6 Å². The SMILES string of the molecule is CSc1ncc(C(=O)N[C@@H](C)c2ccc3c(c2)CCC(=O)N3)n1-c1ccc(F)cc1. The molecule has 0 saturated carbocycles. The Morgan fingerprint density at radius 3 is 2.73 bits per heavy atom. The van der Waals surface area contributed by atoms with E-state index in [2.05, 4.69) is 15.6 Å². The molecule has 1 aliphatic heterocycles. The maximum absolute atomic E-state index is 13.3. The van der Waals surface area contributed by atoms with E-state index in [1.54, 1.807) is 16.7 Å². The van der Waals surface area contributed by atoms with Crippen LogP contribution >= 0.6 is 11.8 Å². The van der Waals surface area contributed by atoms with Crippen molar-refractivity contribution in [3.8, 4) is 5.69 Å². The molecule has 6 nitrogen and oxygen atoms in total. The Balaban J connectivity index is 1.58. The quantitative estimate of drug-likeness (QED) is 0.605. The Hall–Kier alpha value is -3.13. The van der Waals surface area contributed by atoms with Crippen molar-refractivity contribution < 1.29 is 14.0 Å². The number of imidazole rings is 1. The molecule has 1 aliphatic rings. The molecule has 0 fully saturated rings. The van der Waals surface area contributed by atoms with Crippen LogP contribution in [0, 0.1) is 5.82 Å². The lowest BCUT2D eigenvalue weighted by atomic mass is 9.98. The molecule has 0 unspecified atom stereocenters. The third kappa shape index (κ3) is 3.95. The third-order valence-corrected chi connectivity index (χ3v) is 5.76. The number of halogens is 1. The number of amides is 2. The summed E-state index contributed by atoms with van der Waals surface area (Å²) in [5.41, 5.74) is 3.89. The van der Waals surface area contributed by atoms with Gasteiger partial charge >= 0.3 is 0 Å². The minimum atomic E-state index is -0.340. The molecule has 0 spiro atoms. The van der Waals surface area contributed by atoms with Gasteiger partial charge in [-0.25, -0.2) is 9.37 Å². The van der Waals surface area contributed by atoms with Crippen LogP contribution in [0.5, 0.6) is 0 Å². The molecule has 1 atom stereocenters. The summed E-state index contributed by atoms with van der Waals surface area (Å²) in [5, 5.41) is 6.52. The number of aromatic nitrogens is 2. The van der Waals surface area contributed by atoms with Crippen molar-refractivity contribution in [2.24, 2.45) is 0 Å². The zero-order valence-electron chi connectivity index (χ0n) is 16.6. The van der Waals surface area contributed by atoms with Gasteiger partial charge in [0.2, 0.25) is 5.91 Å². The maximum atomic E-state index is 13.3. The minimum Gasteiger partial charge on any atom is -0.344 e. The topological polar surface area (TPSA) is 76.0 Å². The molecule has 0 bridgehead atoms. The fraction of sp³-hybridized carbons (Fsp3) is 0.227. The zero-order valence-corrected chi connectivity index (χ0v) is 17.4. The van der Waals surface area contributed by atoms with Gasteiger partial charge in [-0.1, -0.05) is 23.9 Å². The van der Waals surface area contributed by atoms with Crippen molar-refractivity contribution in [1.82, 2.24) is 14.9 Å². The second-order valence-corrected chi connectivity index (χ2v) is 7.88. The number of nitrogens with one attached hydrogen (secondary N) is 2. The van der Waals surface area contributed by atoms with Gasteiger partial charge in [0.1, 0.15) is 11.5 Å². The van der Waals surface area contributed by atoms with Gasteiger partial charge in [-0.05, 0) is 61.1 Å². The van der Waals surface area contributed by atoms with E-state index < -0.39 is 0 Å². The minimum absolute atomic E-state index is 0.0234. The number of aryl methyl sites for hydroxylation is 1. The van der Waals surface area contributed by atoms with Gasteiger partial charge in [0, 0.05) is 17.8 Å². The number of fused-ring (bicyclic) bond motifs is 1. The lowest BCUT2D eigenvalue weighted by molar-refractivity contribution is -0.116. The van der Waals surface area contributed by atoms with E-state index in [4.69, 9.17) is 0 Å². The fourth-order valence-corrected chi connectivity index (χ4v) is 4.05. The molecule has 2 heterocycles. The number of rotatable bonds is 5. The number of carbonyl (C=O) groups excluding carboxylic acids is 2. The van der Waals surface area contributed by atoms with Crippen LogP contribution in [-0.4, -0.2) is 27.6 Å². The van der Waals surface area contributed by atoms with Gasteiger partial charge in [-0.15, -0.1) is 0 Å². The maximum Gasteiger partial charge on any atom is 0.270 e. The number of carbonyl (C=O) groups is 2. The van der Waals surface area contributed by atoms with Crippen LogP contribution in [0.1, 0.15) is 41.0 Å². The highest BCUT2D eigenvalue weighted by Gasteiger charge is 2.21. The number of hydrogen-bond acceptors (Lipinski definition) is 4. The molecule has 3 aromatic rings. The van der Waals surface area contributed by atoms with E-state index in [1.807, 2.05) is 31.4 Å². The molecular weight excluding hydrogens is 403 g/mol. The van der Waals surface area contributed by atoms with Gasteiger partial charge < -0.3 is 10.6 Å². The summed E-state index contributed by atoms with van der Waals surface area (Å²) in [6.45, 7) is 1.91. The summed E-state index contributed by atoms with van der Waals surface area (Å²) >= 11 is 1.41. The summed E-state index contributed by atoms with van der Waals surface area (Å²) in [4.78, 5) is 28.9. The molecule has 2 amide bonds. The molecule has 2 N–H and O–H groups in total. The van der Waals surface area contributed by atoms with Crippen molar-refractivity contribution in [3.05, 3.63) is 71.3 Å². The highest BCUT2D eigenvalue weighted by Crippen LogP contribution is 2.27. The molecule has 4 rings (SSSR count). The van der Waals surface area contributed by atoms with E-state index >= 15 is 0 Å². The van der Waals surface area contributed by atoms with Gasteiger partial charge in [0.25, 0.3) is 5.91 Å².